The Kier molecular flexibility index (Phi) is 1.36. The van der Waals surface area contributed by atoms with Gasteiger partial charge in [0.25, 0.3) is 4.92 Å². The summed E-state index contributed by atoms with van der Waals surface area (Å²) in [6.45, 7) is 1.63. The number of nitrogens with zero attached hydrogens (tertiary/aromatic N) is 1. The Bertz CT molecular complexity index is 424. The topological polar surface area (TPSA) is 66.6 Å². The summed E-state index contributed by atoms with van der Waals surface area (Å²) in [5.41, 5.74) is 0.515. The Hall–Kier alpha value is -1.91. The molecule has 13 heavy (non-hydrogen) atoms. The van der Waals surface area contributed by atoms with Gasteiger partial charge in [-0.05, 0) is 18.6 Å². The van der Waals surface area contributed by atoms with E-state index in [4.69, 9.17) is 0 Å². The molecule has 0 aromatic heterocycles. The largest absolute Gasteiger partial charge is 0.502 e. The first-order valence-corrected chi connectivity index (χ1v) is 3.63. The second-order valence-corrected chi connectivity index (χ2v) is 2.76. The van der Waals surface area contributed by atoms with Gasteiger partial charge in [-0.3, -0.25) is 0 Å². The first-order valence-electron chi connectivity index (χ1n) is 3.63. The van der Waals surface area contributed by atoms with E-state index in [1.54, 1.807) is 13.0 Å². The highest BCUT2D eigenvalue weighted by Crippen LogP contribution is 2.37. The van der Waals surface area contributed by atoms with Crippen molar-refractivity contribution in [2.75, 3.05) is 0 Å². The van der Waals surface area contributed by atoms with Gasteiger partial charge in [-0.25, -0.2) is 4.79 Å². The van der Waals surface area contributed by atoms with Crippen LogP contribution in [0, 0.1) is 11.8 Å². The van der Waals surface area contributed by atoms with Crippen molar-refractivity contribution < 1.29 is 19.7 Å². The first kappa shape index (κ1) is 7.72. The van der Waals surface area contributed by atoms with Gasteiger partial charge in [-0.2, -0.15) is 0 Å². The molecule has 1 N–H and O–H groups in total. The van der Waals surface area contributed by atoms with Crippen molar-refractivity contribution in [1.82, 2.24) is 0 Å². The Morgan fingerprint density at radius 2 is 2.15 bits per heavy atom. The number of phenolic OH excluding ortho intramolecular Hbond substituents is 1. The molecule has 0 radical (unpaired) electrons. The van der Waals surface area contributed by atoms with Gasteiger partial charge in [0.05, 0.1) is 4.91 Å². The molecule has 0 saturated heterocycles. The van der Waals surface area contributed by atoms with Crippen molar-refractivity contribution in [3.63, 3.8) is 0 Å². The van der Waals surface area contributed by atoms with Crippen LogP contribution in [0.2, 0.25) is 0 Å². The quantitative estimate of drug-likeness (QED) is 0.651. The van der Waals surface area contributed by atoms with E-state index in [0.717, 1.165) is 0 Å². The van der Waals surface area contributed by atoms with E-state index in [0.29, 0.717) is 5.56 Å². The molecular formula is C8H6NO4+. The molecule has 0 saturated carbocycles. The molecule has 0 aliphatic carbocycles. The van der Waals surface area contributed by atoms with Crippen molar-refractivity contribution in [2.45, 2.75) is 6.92 Å². The van der Waals surface area contributed by atoms with E-state index in [1.807, 2.05) is 0 Å². The average Bonchev–Trinajstić information content (AvgIpc) is 2.35. The van der Waals surface area contributed by atoms with Crippen molar-refractivity contribution in [3.05, 3.63) is 28.2 Å². The summed E-state index contributed by atoms with van der Waals surface area (Å²) in [5, 5.41) is 9.43. The number of hydrogen-bond acceptors (Lipinski definition) is 4. The zero-order valence-corrected chi connectivity index (χ0v) is 6.77. The highest BCUT2D eigenvalue weighted by Gasteiger charge is 2.42. The molecule has 2 rings (SSSR count). The van der Waals surface area contributed by atoms with Crippen LogP contribution in [0.15, 0.2) is 12.1 Å². The molecule has 0 bridgehead atoms. The lowest BCUT2D eigenvalue weighted by Crippen LogP contribution is -1.97. The third-order valence-electron chi connectivity index (χ3n) is 1.92. The average molecular weight is 180 g/mol. The molecule has 0 spiro atoms. The maximum Gasteiger partial charge on any atom is 0.424 e. The van der Waals surface area contributed by atoms with Crippen LogP contribution < -0.4 is 0 Å². The Labute approximate surface area is 73.1 Å². The number of aromatic hydroxyl groups is 1. The predicted octanol–water partition coefficient (Wildman–Crippen LogP) is 1.20. The predicted molar refractivity (Wildman–Crippen MR) is 41.5 cm³/mol. The Balaban J connectivity index is 2.78. The van der Waals surface area contributed by atoms with Crippen molar-refractivity contribution in [2.24, 2.45) is 0 Å². The van der Waals surface area contributed by atoms with Crippen LogP contribution >= 0.6 is 0 Å². The molecule has 0 fully saturated rings. The molecule has 0 unspecified atom stereocenters. The van der Waals surface area contributed by atoms with Gasteiger partial charge in [0.15, 0.2) is 5.56 Å². The number of aryl methyl sites for hydroxylation is 1. The third kappa shape index (κ3) is 0.900. The van der Waals surface area contributed by atoms with Gasteiger partial charge < -0.3 is 5.11 Å². The van der Waals surface area contributed by atoms with Gasteiger partial charge in [0, 0.05) is 0 Å². The summed E-state index contributed by atoms with van der Waals surface area (Å²) in [6.07, 6.45) is 0. The summed E-state index contributed by atoms with van der Waals surface area (Å²) in [6, 6.07) is 3.00. The van der Waals surface area contributed by atoms with Crippen LogP contribution in [0.5, 0.6) is 5.75 Å². The van der Waals surface area contributed by atoms with E-state index in [9.17, 15) is 14.8 Å². The van der Waals surface area contributed by atoms with Crippen molar-refractivity contribution >= 4 is 11.7 Å². The van der Waals surface area contributed by atoms with E-state index in [1.165, 1.54) is 6.07 Å². The maximum absolute atomic E-state index is 11.0. The van der Waals surface area contributed by atoms with Crippen molar-refractivity contribution in [3.8, 4) is 5.75 Å². The molecule has 1 aliphatic rings. The molecule has 1 aliphatic heterocycles. The highest BCUT2D eigenvalue weighted by molar-refractivity contribution is 5.96. The fourth-order valence-electron chi connectivity index (χ4n) is 1.20. The minimum Gasteiger partial charge on any atom is -0.502 e. The fraction of sp³-hybridized carbons (Fsp3) is 0.125. The number of fused-ring (bicyclic) bond motifs is 1. The molecular weight excluding hydrogens is 174 g/mol. The fourth-order valence-corrected chi connectivity index (χ4v) is 1.20. The minimum absolute atomic E-state index is 0.0278. The van der Waals surface area contributed by atoms with Gasteiger partial charge >= 0.3 is 11.7 Å². The first-order chi connectivity index (χ1) is 6.11. The third-order valence-corrected chi connectivity index (χ3v) is 1.92. The molecule has 0 atom stereocenters. The van der Waals surface area contributed by atoms with Gasteiger partial charge in [-0.15, -0.1) is 4.84 Å². The molecule has 5 heteroatoms. The number of benzene rings is 1. The van der Waals surface area contributed by atoms with E-state index in [-0.39, 0.29) is 21.9 Å². The lowest BCUT2D eigenvalue weighted by Gasteiger charge is -1.93. The normalized spacial score (nSPS) is 14.2. The van der Waals surface area contributed by atoms with Crippen LogP contribution in [0.25, 0.3) is 0 Å². The number of phenols is 1. The van der Waals surface area contributed by atoms with Crippen LogP contribution in [0.4, 0.5) is 5.69 Å². The molecule has 1 aromatic rings. The monoisotopic (exact) mass is 180 g/mol. The standard InChI is InChI=1S/C8H5NO4/c1-4-2-3-5-6(7(4)10)9(12)13-8(5)11/h2-3H,1H3/p+1. The van der Waals surface area contributed by atoms with E-state index in [2.05, 4.69) is 4.84 Å². The summed E-state index contributed by atoms with van der Waals surface area (Å²) >= 11 is 0. The SMILES string of the molecule is Cc1ccc2c(c1O)[N+](=O)OC2=O. The molecule has 1 heterocycles. The smallest absolute Gasteiger partial charge is 0.424 e. The summed E-state index contributed by atoms with van der Waals surface area (Å²) in [4.78, 5) is 26.2. The number of hydrogen-bond donors (Lipinski definition) is 1. The zero-order chi connectivity index (χ0) is 9.59. The molecule has 66 valence electrons. The molecule has 1 aromatic carbocycles. The maximum atomic E-state index is 11.0. The van der Waals surface area contributed by atoms with Crippen LogP contribution in [0.3, 0.4) is 0 Å². The second-order valence-electron chi connectivity index (χ2n) is 2.76. The van der Waals surface area contributed by atoms with Gasteiger partial charge in [0.1, 0.15) is 0 Å². The number of carbonyl (C=O) groups is 1. The van der Waals surface area contributed by atoms with E-state index >= 15 is 0 Å². The van der Waals surface area contributed by atoms with Gasteiger partial charge in [0.2, 0.25) is 5.75 Å². The highest BCUT2D eigenvalue weighted by atomic mass is 16.8. The van der Waals surface area contributed by atoms with Crippen LogP contribution in [-0.2, 0) is 4.84 Å². The lowest BCUT2D eigenvalue weighted by atomic mass is 10.1. The lowest BCUT2D eigenvalue weighted by molar-refractivity contribution is -0.706. The molecule has 5 nitrogen and oxygen atoms in total. The Morgan fingerprint density at radius 3 is 2.85 bits per heavy atom. The summed E-state index contributed by atoms with van der Waals surface area (Å²) < 4.78 is 0. The minimum atomic E-state index is -0.736. The van der Waals surface area contributed by atoms with E-state index < -0.39 is 5.97 Å². The molecule has 0 amide bonds. The number of rotatable bonds is 0. The number of carbonyl (C=O) groups excluding carboxylic acids is 1. The summed E-state index contributed by atoms with van der Waals surface area (Å²) in [5.74, 6) is -0.946. The van der Waals surface area contributed by atoms with Crippen LogP contribution in [0.1, 0.15) is 15.9 Å². The van der Waals surface area contributed by atoms with Gasteiger partial charge in [-0.1, -0.05) is 6.07 Å². The summed E-state index contributed by atoms with van der Waals surface area (Å²) in [7, 11) is 0. The zero-order valence-electron chi connectivity index (χ0n) is 6.77. The Morgan fingerprint density at radius 1 is 1.46 bits per heavy atom. The van der Waals surface area contributed by atoms with Crippen LogP contribution in [-0.4, -0.2) is 16.0 Å². The second kappa shape index (κ2) is 2.29. The van der Waals surface area contributed by atoms with Crippen molar-refractivity contribution in [1.29, 1.82) is 0 Å².